The Kier molecular flexibility index (Phi) is 2.41. The van der Waals surface area contributed by atoms with E-state index in [0.717, 1.165) is 0 Å². The zero-order valence-electron chi connectivity index (χ0n) is 9.26. The van der Waals surface area contributed by atoms with E-state index in [2.05, 4.69) is 4.99 Å². The van der Waals surface area contributed by atoms with Gasteiger partial charge in [-0.25, -0.2) is 14.2 Å². The molecule has 0 radical (unpaired) electrons. The van der Waals surface area contributed by atoms with E-state index >= 15 is 0 Å². The molecule has 0 saturated carbocycles. The van der Waals surface area contributed by atoms with E-state index in [-0.39, 0.29) is 11.7 Å². The minimum Gasteiger partial charge on any atom is -0.403 e. The molecule has 88 valence electrons. The molecule has 0 unspecified atom stereocenters. The monoisotopic (exact) mass is 241 g/mol. The van der Waals surface area contributed by atoms with Gasteiger partial charge in [0.05, 0.1) is 16.8 Å². The molecular formula is C14H8FNO2. The zero-order chi connectivity index (χ0) is 12.5. The molecule has 1 aliphatic rings. The summed E-state index contributed by atoms with van der Waals surface area (Å²) in [7, 11) is 0. The Bertz CT molecular complexity index is 647. The number of hydrogen-bond donors (Lipinski definition) is 0. The Morgan fingerprint density at radius 3 is 2.33 bits per heavy atom. The number of ether oxygens (including phenoxy) is 1. The van der Waals surface area contributed by atoms with Crippen molar-refractivity contribution in [3.8, 4) is 0 Å². The van der Waals surface area contributed by atoms with Crippen molar-refractivity contribution < 1.29 is 13.9 Å². The van der Waals surface area contributed by atoms with Crippen LogP contribution in [0.25, 0.3) is 0 Å². The third-order valence-corrected chi connectivity index (χ3v) is 2.62. The number of nitrogens with zero attached hydrogens (tertiary/aromatic N) is 1. The molecule has 0 aromatic heterocycles. The van der Waals surface area contributed by atoms with Crippen LogP contribution >= 0.6 is 0 Å². The average molecular weight is 241 g/mol. The lowest BCUT2D eigenvalue weighted by molar-refractivity contribution is 0.0737. The largest absolute Gasteiger partial charge is 0.403 e. The van der Waals surface area contributed by atoms with Crippen molar-refractivity contribution in [2.24, 2.45) is 4.99 Å². The molecule has 0 N–H and O–H groups in total. The molecule has 2 aromatic carbocycles. The van der Waals surface area contributed by atoms with Crippen LogP contribution in [-0.2, 0) is 4.74 Å². The number of hydrogen-bond acceptors (Lipinski definition) is 3. The van der Waals surface area contributed by atoms with Crippen molar-refractivity contribution in [1.29, 1.82) is 0 Å². The van der Waals surface area contributed by atoms with Gasteiger partial charge < -0.3 is 4.74 Å². The van der Waals surface area contributed by atoms with Crippen LogP contribution in [0.1, 0.15) is 15.9 Å². The molecule has 0 bridgehead atoms. The van der Waals surface area contributed by atoms with Crippen LogP contribution in [-0.4, -0.2) is 11.9 Å². The number of rotatable bonds is 1. The number of benzene rings is 2. The maximum absolute atomic E-state index is 12.8. The summed E-state index contributed by atoms with van der Waals surface area (Å²) in [6.07, 6.45) is 0. The highest BCUT2D eigenvalue weighted by Crippen LogP contribution is 2.23. The Morgan fingerprint density at radius 1 is 0.944 bits per heavy atom. The van der Waals surface area contributed by atoms with Gasteiger partial charge in [0, 0.05) is 0 Å². The van der Waals surface area contributed by atoms with Crippen molar-refractivity contribution in [2.75, 3.05) is 0 Å². The highest BCUT2D eigenvalue weighted by molar-refractivity contribution is 6.17. The second kappa shape index (κ2) is 4.07. The molecule has 0 spiro atoms. The molecule has 3 nitrogen and oxygen atoms in total. The van der Waals surface area contributed by atoms with Crippen molar-refractivity contribution in [3.63, 3.8) is 0 Å². The fraction of sp³-hybridized carbons (Fsp3) is 0. The SMILES string of the molecule is O=C1OC(=Nc2ccc(F)cc2)c2ccccc21. The predicted molar refractivity (Wildman–Crippen MR) is 64.5 cm³/mol. The van der Waals surface area contributed by atoms with Crippen LogP contribution in [0.2, 0.25) is 0 Å². The van der Waals surface area contributed by atoms with Crippen molar-refractivity contribution >= 4 is 17.6 Å². The number of fused-ring (bicyclic) bond motifs is 1. The number of carbonyl (C=O) groups excluding carboxylic acids is 1. The summed E-state index contributed by atoms with van der Waals surface area (Å²) in [5.74, 6) is -0.489. The van der Waals surface area contributed by atoms with Gasteiger partial charge in [-0.05, 0) is 36.4 Å². The summed E-state index contributed by atoms with van der Waals surface area (Å²) in [6, 6.07) is 12.7. The Labute approximate surface area is 103 Å². The van der Waals surface area contributed by atoms with Gasteiger partial charge in [-0.3, -0.25) is 0 Å². The average Bonchev–Trinajstić information content (AvgIpc) is 2.70. The number of cyclic esters (lactones) is 1. The lowest BCUT2D eigenvalue weighted by atomic mass is 10.1. The summed E-state index contributed by atoms with van der Waals surface area (Å²) >= 11 is 0. The third-order valence-electron chi connectivity index (χ3n) is 2.62. The first-order chi connectivity index (χ1) is 8.74. The van der Waals surface area contributed by atoms with Gasteiger partial charge in [0.15, 0.2) is 0 Å². The lowest BCUT2D eigenvalue weighted by Gasteiger charge is -1.97. The van der Waals surface area contributed by atoms with Crippen LogP contribution in [0.15, 0.2) is 53.5 Å². The number of aliphatic imine (C=N–C) groups is 1. The van der Waals surface area contributed by atoms with Crippen LogP contribution in [0.5, 0.6) is 0 Å². The van der Waals surface area contributed by atoms with E-state index in [0.29, 0.717) is 16.8 Å². The van der Waals surface area contributed by atoms with Gasteiger partial charge in [-0.2, -0.15) is 0 Å². The predicted octanol–water partition coefficient (Wildman–Crippen LogP) is 3.07. The van der Waals surface area contributed by atoms with Crippen molar-refractivity contribution in [2.45, 2.75) is 0 Å². The second-order valence-electron chi connectivity index (χ2n) is 3.83. The van der Waals surface area contributed by atoms with Crippen molar-refractivity contribution in [1.82, 2.24) is 0 Å². The van der Waals surface area contributed by atoms with Gasteiger partial charge in [-0.1, -0.05) is 12.1 Å². The molecule has 3 rings (SSSR count). The molecule has 0 amide bonds. The smallest absolute Gasteiger partial charge is 0.345 e. The molecule has 0 fully saturated rings. The Morgan fingerprint density at radius 2 is 1.61 bits per heavy atom. The normalized spacial score (nSPS) is 15.6. The maximum atomic E-state index is 12.8. The molecule has 18 heavy (non-hydrogen) atoms. The van der Waals surface area contributed by atoms with Crippen LogP contribution in [0.4, 0.5) is 10.1 Å². The number of halogens is 1. The van der Waals surface area contributed by atoms with Gasteiger partial charge in [0.2, 0.25) is 5.90 Å². The van der Waals surface area contributed by atoms with E-state index < -0.39 is 5.97 Å². The Balaban J connectivity index is 2.04. The first kappa shape index (κ1) is 10.7. The molecule has 0 saturated heterocycles. The van der Waals surface area contributed by atoms with Gasteiger partial charge in [0.25, 0.3) is 0 Å². The van der Waals surface area contributed by atoms with E-state index in [1.54, 1.807) is 24.3 Å². The molecular weight excluding hydrogens is 233 g/mol. The maximum Gasteiger partial charge on any atom is 0.345 e. The van der Waals surface area contributed by atoms with Crippen molar-refractivity contribution in [3.05, 3.63) is 65.5 Å². The second-order valence-corrected chi connectivity index (χ2v) is 3.83. The molecule has 1 heterocycles. The standard InChI is InChI=1S/C14H8FNO2/c15-9-5-7-10(8-6-9)16-13-11-3-1-2-4-12(11)14(17)18-13/h1-8H. The number of carbonyl (C=O) groups is 1. The van der Waals surface area contributed by atoms with E-state index in [4.69, 9.17) is 4.74 Å². The highest BCUT2D eigenvalue weighted by Gasteiger charge is 2.27. The van der Waals surface area contributed by atoms with Crippen LogP contribution < -0.4 is 0 Å². The van der Waals surface area contributed by atoms with Gasteiger partial charge in [-0.15, -0.1) is 0 Å². The first-order valence-electron chi connectivity index (χ1n) is 5.40. The molecule has 1 aliphatic heterocycles. The zero-order valence-corrected chi connectivity index (χ0v) is 9.26. The lowest BCUT2D eigenvalue weighted by Crippen LogP contribution is -1.99. The summed E-state index contributed by atoms with van der Waals surface area (Å²) in [4.78, 5) is 15.8. The fourth-order valence-corrected chi connectivity index (χ4v) is 1.76. The Hall–Kier alpha value is -2.49. The van der Waals surface area contributed by atoms with Crippen LogP contribution in [0.3, 0.4) is 0 Å². The van der Waals surface area contributed by atoms with E-state index in [1.165, 1.54) is 24.3 Å². The minimum atomic E-state index is -0.411. The summed E-state index contributed by atoms with van der Waals surface area (Å²) in [5.41, 5.74) is 1.70. The topological polar surface area (TPSA) is 38.7 Å². The van der Waals surface area contributed by atoms with E-state index in [1.807, 2.05) is 0 Å². The highest BCUT2D eigenvalue weighted by atomic mass is 19.1. The van der Waals surface area contributed by atoms with E-state index in [9.17, 15) is 9.18 Å². The molecule has 2 aromatic rings. The molecule has 4 heteroatoms. The van der Waals surface area contributed by atoms with Crippen LogP contribution in [0, 0.1) is 5.82 Å². The molecule has 0 aliphatic carbocycles. The summed E-state index contributed by atoms with van der Waals surface area (Å²) in [5, 5.41) is 0. The summed E-state index contributed by atoms with van der Waals surface area (Å²) in [6.45, 7) is 0. The minimum absolute atomic E-state index is 0.252. The van der Waals surface area contributed by atoms with Gasteiger partial charge >= 0.3 is 5.97 Å². The number of esters is 1. The molecule has 0 atom stereocenters. The quantitative estimate of drug-likeness (QED) is 0.719. The third kappa shape index (κ3) is 1.78. The fourth-order valence-electron chi connectivity index (χ4n) is 1.76. The first-order valence-corrected chi connectivity index (χ1v) is 5.40. The summed E-state index contributed by atoms with van der Waals surface area (Å²) < 4.78 is 17.9. The van der Waals surface area contributed by atoms with Gasteiger partial charge in [0.1, 0.15) is 5.82 Å².